The van der Waals surface area contributed by atoms with E-state index in [1.807, 2.05) is 33.9 Å². The molecule has 1 saturated heterocycles. The molecule has 0 radical (unpaired) electrons. The molecular weight excluding hydrogens is 531 g/mol. The molecule has 12 heteroatoms. The summed E-state index contributed by atoms with van der Waals surface area (Å²) in [5, 5.41) is 19.1. The Morgan fingerprint density at radius 1 is 1.06 bits per heavy atom. The third-order valence-corrected chi connectivity index (χ3v) is 7.13. The normalized spacial score (nSPS) is 13.4. The Hall–Kier alpha value is -2.67. The minimum atomic E-state index is 0.228. The number of benzene rings is 1. The van der Waals surface area contributed by atoms with Gasteiger partial charge in [-0.15, -0.1) is 22.7 Å². The van der Waals surface area contributed by atoms with E-state index in [0.29, 0.717) is 16.6 Å². The Balaban J connectivity index is 0.000000201. The molecule has 0 saturated carbocycles. The number of thiazole rings is 2. The third kappa shape index (κ3) is 9.76. The molecule has 2 aromatic heterocycles. The number of anilines is 2. The number of nitrogens with zero attached hydrogens (tertiary/aromatic N) is 3. The summed E-state index contributed by atoms with van der Waals surface area (Å²) in [5.74, 6) is 0.276. The van der Waals surface area contributed by atoms with E-state index in [4.69, 9.17) is 24.4 Å². The fourth-order valence-electron chi connectivity index (χ4n) is 3.52. The van der Waals surface area contributed by atoms with Gasteiger partial charge in [0.1, 0.15) is 0 Å². The zero-order chi connectivity index (χ0) is 25.6. The van der Waals surface area contributed by atoms with Crippen LogP contribution in [0.2, 0.25) is 0 Å². The Bertz CT molecular complexity index is 1060. The lowest BCUT2D eigenvalue weighted by Crippen LogP contribution is -2.32. The molecule has 0 aliphatic carbocycles. The first-order chi connectivity index (χ1) is 17.5. The molecule has 1 atom stereocenters. The fraction of sp³-hybridized carbons (Fsp3) is 0.375. The Morgan fingerprint density at radius 3 is 2.28 bits per heavy atom. The number of amides is 1. The lowest BCUT2D eigenvalue weighted by atomic mass is 10.1. The molecular formula is C24H31N7OS4. The number of hydrogen-bond donors (Lipinski definition) is 4. The van der Waals surface area contributed by atoms with Gasteiger partial charge in [0.2, 0.25) is 5.91 Å². The van der Waals surface area contributed by atoms with Crippen molar-refractivity contribution < 1.29 is 4.79 Å². The van der Waals surface area contributed by atoms with Crippen LogP contribution in [0.4, 0.5) is 10.3 Å². The monoisotopic (exact) mass is 561 g/mol. The zero-order valence-electron chi connectivity index (χ0n) is 20.1. The summed E-state index contributed by atoms with van der Waals surface area (Å²) in [7, 11) is 0. The highest BCUT2D eigenvalue weighted by atomic mass is 32.1. The topological polar surface area (TPSA) is 94.2 Å². The first kappa shape index (κ1) is 27.9. The van der Waals surface area contributed by atoms with Crippen molar-refractivity contribution in [2.75, 3.05) is 30.3 Å². The second-order valence-corrected chi connectivity index (χ2v) is 10.5. The molecule has 1 aliphatic heterocycles. The number of aromatic nitrogens is 2. The van der Waals surface area contributed by atoms with Gasteiger partial charge in [-0.05, 0) is 49.3 Å². The van der Waals surface area contributed by atoms with Crippen LogP contribution in [0.15, 0.2) is 53.5 Å². The van der Waals surface area contributed by atoms with Crippen LogP contribution >= 0.6 is 47.1 Å². The Labute approximate surface area is 230 Å². The highest BCUT2D eigenvalue weighted by Gasteiger charge is 2.18. The maximum absolute atomic E-state index is 11.4. The standard InChI is InChI=1S/C13H15N3S2.C11H16N4OS2/c1-2-11(10-6-4-3-5-7-10)15-12(17)16-13-14-8-9-18-13;16-9-3-1-6-15(9)7-2-4-12-10(17)14-11-13-5-8-18-11/h3-9,11H,2H2,1H3,(H2,14,15,16,17);5,8H,1-4,6-7H2,(H2,12,13,14,17). The van der Waals surface area contributed by atoms with Gasteiger partial charge in [-0.3, -0.25) is 4.79 Å². The van der Waals surface area contributed by atoms with Crippen molar-refractivity contribution in [2.45, 2.75) is 38.6 Å². The molecule has 1 fully saturated rings. The molecule has 1 unspecified atom stereocenters. The molecule has 8 nitrogen and oxygen atoms in total. The van der Waals surface area contributed by atoms with Crippen LogP contribution in [0.5, 0.6) is 0 Å². The van der Waals surface area contributed by atoms with Gasteiger partial charge < -0.3 is 26.2 Å². The molecule has 4 rings (SSSR count). The van der Waals surface area contributed by atoms with Crippen molar-refractivity contribution in [1.82, 2.24) is 25.5 Å². The van der Waals surface area contributed by atoms with Crippen LogP contribution in [-0.2, 0) is 4.79 Å². The van der Waals surface area contributed by atoms with Crippen molar-refractivity contribution in [3.8, 4) is 0 Å². The molecule has 3 aromatic rings. The van der Waals surface area contributed by atoms with E-state index in [1.54, 1.807) is 12.4 Å². The van der Waals surface area contributed by atoms with Gasteiger partial charge in [-0.25, -0.2) is 9.97 Å². The molecule has 192 valence electrons. The summed E-state index contributed by atoms with van der Waals surface area (Å²) < 4.78 is 0. The van der Waals surface area contributed by atoms with Gasteiger partial charge in [0.15, 0.2) is 20.5 Å². The van der Waals surface area contributed by atoms with Gasteiger partial charge in [-0.2, -0.15) is 0 Å². The Kier molecular flexibility index (Phi) is 12.0. The van der Waals surface area contributed by atoms with Crippen LogP contribution in [-0.4, -0.2) is 50.6 Å². The number of carbonyl (C=O) groups is 1. The van der Waals surface area contributed by atoms with E-state index in [0.717, 1.165) is 49.2 Å². The van der Waals surface area contributed by atoms with Crippen molar-refractivity contribution in [2.24, 2.45) is 0 Å². The first-order valence-electron chi connectivity index (χ1n) is 11.8. The fourth-order valence-corrected chi connectivity index (χ4v) is 5.16. The van der Waals surface area contributed by atoms with E-state index in [9.17, 15) is 4.79 Å². The number of likely N-dealkylation sites (tertiary alicyclic amines) is 1. The summed E-state index contributed by atoms with van der Waals surface area (Å²) in [6, 6.07) is 10.5. The molecule has 1 amide bonds. The van der Waals surface area contributed by atoms with E-state index in [-0.39, 0.29) is 11.9 Å². The summed E-state index contributed by atoms with van der Waals surface area (Å²) in [6.45, 7) is 4.62. The van der Waals surface area contributed by atoms with E-state index in [2.05, 4.69) is 50.3 Å². The van der Waals surface area contributed by atoms with Crippen LogP contribution < -0.4 is 21.3 Å². The zero-order valence-corrected chi connectivity index (χ0v) is 23.4. The number of hydrogen-bond acceptors (Lipinski definition) is 7. The van der Waals surface area contributed by atoms with E-state index in [1.165, 1.54) is 28.2 Å². The average molecular weight is 562 g/mol. The molecule has 0 spiro atoms. The van der Waals surface area contributed by atoms with Gasteiger partial charge in [-0.1, -0.05) is 37.3 Å². The van der Waals surface area contributed by atoms with Crippen molar-refractivity contribution in [3.05, 3.63) is 59.0 Å². The van der Waals surface area contributed by atoms with Crippen molar-refractivity contribution in [1.29, 1.82) is 0 Å². The second-order valence-electron chi connectivity index (χ2n) is 7.86. The van der Waals surface area contributed by atoms with Gasteiger partial charge in [0.05, 0.1) is 6.04 Å². The number of nitrogens with one attached hydrogen (secondary N) is 4. The van der Waals surface area contributed by atoms with Gasteiger partial charge >= 0.3 is 0 Å². The molecule has 0 bridgehead atoms. The van der Waals surface area contributed by atoms with Crippen LogP contribution in [0.1, 0.15) is 44.2 Å². The lowest BCUT2D eigenvalue weighted by Gasteiger charge is -2.19. The lowest BCUT2D eigenvalue weighted by molar-refractivity contribution is -0.127. The highest BCUT2D eigenvalue weighted by molar-refractivity contribution is 7.80. The number of carbonyl (C=O) groups excluding carboxylic acids is 1. The van der Waals surface area contributed by atoms with Crippen LogP contribution in [0.3, 0.4) is 0 Å². The molecule has 4 N–H and O–H groups in total. The maximum atomic E-state index is 11.4. The molecule has 3 heterocycles. The van der Waals surface area contributed by atoms with Gasteiger partial charge in [0.25, 0.3) is 0 Å². The molecule has 36 heavy (non-hydrogen) atoms. The SMILES string of the molecule is CCC(NC(=S)Nc1nccs1)c1ccccc1.O=C1CCCN1CCCNC(=S)Nc1nccs1. The Morgan fingerprint density at radius 2 is 1.72 bits per heavy atom. The highest BCUT2D eigenvalue weighted by Crippen LogP contribution is 2.17. The average Bonchev–Trinajstić information content (AvgIpc) is 3.66. The third-order valence-electron chi connectivity index (χ3n) is 5.28. The molecule has 1 aromatic carbocycles. The van der Waals surface area contributed by atoms with Crippen LogP contribution in [0, 0.1) is 0 Å². The first-order valence-corrected chi connectivity index (χ1v) is 14.4. The summed E-state index contributed by atoms with van der Waals surface area (Å²) >= 11 is 13.5. The number of rotatable bonds is 9. The second kappa shape index (κ2) is 15.4. The smallest absolute Gasteiger partial charge is 0.222 e. The van der Waals surface area contributed by atoms with Crippen LogP contribution in [0.25, 0.3) is 0 Å². The van der Waals surface area contributed by atoms with E-state index < -0.39 is 0 Å². The van der Waals surface area contributed by atoms with Gasteiger partial charge in [0, 0.05) is 49.2 Å². The minimum Gasteiger partial charge on any atom is -0.362 e. The number of thiocarbonyl (C=S) groups is 2. The molecule has 1 aliphatic rings. The van der Waals surface area contributed by atoms with E-state index >= 15 is 0 Å². The predicted octanol–water partition coefficient (Wildman–Crippen LogP) is 5.02. The van der Waals surface area contributed by atoms with Crippen molar-refractivity contribution in [3.63, 3.8) is 0 Å². The summed E-state index contributed by atoms with van der Waals surface area (Å²) in [6.07, 6.45) is 7.07. The minimum absolute atomic E-state index is 0.228. The van der Waals surface area contributed by atoms with Crippen molar-refractivity contribution >= 4 is 73.5 Å². The largest absolute Gasteiger partial charge is 0.362 e. The maximum Gasteiger partial charge on any atom is 0.222 e. The predicted molar refractivity (Wildman–Crippen MR) is 158 cm³/mol. The summed E-state index contributed by atoms with van der Waals surface area (Å²) in [5.41, 5.74) is 1.24. The quantitative estimate of drug-likeness (QED) is 0.212. The summed E-state index contributed by atoms with van der Waals surface area (Å²) in [4.78, 5) is 21.5.